The van der Waals surface area contributed by atoms with E-state index in [0.29, 0.717) is 5.92 Å². The highest BCUT2D eigenvalue weighted by molar-refractivity contribution is 5.85. The Labute approximate surface area is 140 Å². The number of anilines is 1. The quantitative estimate of drug-likeness (QED) is 0.810. The van der Waals surface area contributed by atoms with Gasteiger partial charge in [0.15, 0.2) is 0 Å². The van der Waals surface area contributed by atoms with E-state index < -0.39 is 5.97 Å². The van der Waals surface area contributed by atoms with Gasteiger partial charge in [-0.05, 0) is 38.0 Å². The Morgan fingerprint density at radius 3 is 2.67 bits per heavy atom. The minimum Gasteiger partial charge on any atom is -0.463 e. The van der Waals surface area contributed by atoms with Gasteiger partial charge in [0.1, 0.15) is 11.6 Å². The molecule has 0 aliphatic carbocycles. The Morgan fingerprint density at radius 2 is 2.00 bits per heavy atom. The Hall–Kier alpha value is -2.50. The lowest BCUT2D eigenvalue weighted by atomic mass is 9.97. The molecule has 1 saturated heterocycles. The topological polar surface area (TPSA) is 55.3 Å². The summed E-state index contributed by atoms with van der Waals surface area (Å²) in [5, 5.41) is 0. The largest absolute Gasteiger partial charge is 0.463 e. The monoisotopic (exact) mass is 329 g/mol. The van der Waals surface area contributed by atoms with Crippen LogP contribution in [0.3, 0.4) is 0 Å². The first-order valence-electron chi connectivity index (χ1n) is 7.94. The van der Waals surface area contributed by atoms with Gasteiger partial charge in [-0.3, -0.25) is 0 Å². The standard InChI is InChI=1S/C18H20FN3O2/c1-11-8-16(21-17(20-11)18(23)24-3)22-10-14(9-12(22)2)13-4-6-15(19)7-5-13/h4-8,12,14H,9-10H2,1-3H3. The van der Waals surface area contributed by atoms with Crippen LogP contribution in [-0.4, -0.2) is 35.6 Å². The Kier molecular flexibility index (Phi) is 4.46. The van der Waals surface area contributed by atoms with E-state index >= 15 is 0 Å². The number of ether oxygens (including phenoxy) is 1. The summed E-state index contributed by atoms with van der Waals surface area (Å²) >= 11 is 0. The van der Waals surface area contributed by atoms with Gasteiger partial charge in [0.25, 0.3) is 0 Å². The van der Waals surface area contributed by atoms with Crippen LogP contribution in [0.1, 0.15) is 41.1 Å². The lowest BCUT2D eigenvalue weighted by molar-refractivity contribution is 0.0586. The zero-order chi connectivity index (χ0) is 17.3. The summed E-state index contributed by atoms with van der Waals surface area (Å²) in [5.74, 6) is 0.333. The third-order valence-electron chi connectivity index (χ3n) is 4.42. The van der Waals surface area contributed by atoms with Gasteiger partial charge in [-0.25, -0.2) is 19.2 Å². The molecule has 1 fully saturated rings. The van der Waals surface area contributed by atoms with Crippen molar-refractivity contribution in [2.75, 3.05) is 18.6 Å². The molecule has 0 spiro atoms. The molecule has 3 rings (SSSR count). The molecule has 6 heteroatoms. The molecule has 1 aliphatic heterocycles. The molecule has 2 unspecified atom stereocenters. The number of nitrogens with zero attached hydrogens (tertiary/aromatic N) is 3. The minimum atomic E-state index is -0.540. The fourth-order valence-electron chi connectivity index (χ4n) is 3.21. The smallest absolute Gasteiger partial charge is 0.376 e. The molecule has 24 heavy (non-hydrogen) atoms. The van der Waals surface area contributed by atoms with Crippen molar-refractivity contribution in [2.24, 2.45) is 0 Å². The number of methoxy groups -OCH3 is 1. The van der Waals surface area contributed by atoms with Crippen molar-refractivity contribution in [1.82, 2.24) is 9.97 Å². The van der Waals surface area contributed by atoms with Crippen LogP contribution in [-0.2, 0) is 4.74 Å². The van der Waals surface area contributed by atoms with E-state index in [-0.39, 0.29) is 17.7 Å². The summed E-state index contributed by atoms with van der Waals surface area (Å²) in [7, 11) is 1.32. The first-order chi connectivity index (χ1) is 11.5. The lowest BCUT2D eigenvalue weighted by Gasteiger charge is -2.23. The van der Waals surface area contributed by atoms with Crippen LogP contribution in [0.5, 0.6) is 0 Å². The third kappa shape index (κ3) is 3.22. The molecular formula is C18H20FN3O2. The van der Waals surface area contributed by atoms with Crippen LogP contribution >= 0.6 is 0 Å². The van der Waals surface area contributed by atoms with E-state index in [1.165, 1.54) is 19.2 Å². The van der Waals surface area contributed by atoms with Gasteiger partial charge in [-0.1, -0.05) is 12.1 Å². The van der Waals surface area contributed by atoms with E-state index in [9.17, 15) is 9.18 Å². The van der Waals surface area contributed by atoms with E-state index in [0.717, 1.165) is 30.0 Å². The predicted molar refractivity (Wildman–Crippen MR) is 88.7 cm³/mol. The number of aromatic nitrogens is 2. The maximum Gasteiger partial charge on any atom is 0.376 e. The number of carbonyl (C=O) groups is 1. The van der Waals surface area contributed by atoms with Gasteiger partial charge in [0.05, 0.1) is 7.11 Å². The average molecular weight is 329 g/mol. The maximum absolute atomic E-state index is 13.1. The molecule has 0 radical (unpaired) electrons. The molecule has 2 aromatic rings. The van der Waals surface area contributed by atoms with Crippen LogP contribution in [0.4, 0.5) is 10.2 Å². The number of halogens is 1. The van der Waals surface area contributed by atoms with Crippen LogP contribution in [0.25, 0.3) is 0 Å². The highest BCUT2D eigenvalue weighted by Gasteiger charge is 2.31. The van der Waals surface area contributed by atoms with Crippen LogP contribution in [0.15, 0.2) is 30.3 Å². The van der Waals surface area contributed by atoms with Crippen molar-refractivity contribution in [3.63, 3.8) is 0 Å². The Balaban J connectivity index is 1.86. The first kappa shape index (κ1) is 16.4. The second-order valence-corrected chi connectivity index (χ2v) is 6.17. The Morgan fingerprint density at radius 1 is 1.29 bits per heavy atom. The van der Waals surface area contributed by atoms with Crippen molar-refractivity contribution >= 4 is 11.8 Å². The summed E-state index contributed by atoms with van der Waals surface area (Å²) in [4.78, 5) is 22.4. The van der Waals surface area contributed by atoms with Gasteiger partial charge >= 0.3 is 5.97 Å². The molecule has 2 atom stereocenters. The fraction of sp³-hybridized carbons (Fsp3) is 0.389. The minimum absolute atomic E-state index is 0.0740. The van der Waals surface area contributed by atoms with Crippen molar-refractivity contribution < 1.29 is 13.9 Å². The van der Waals surface area contributed by atoms with Gasteiger partial charge in [-0.2, -0.15) is 0 Å². The molecule has 1 aromatic carbocycles. The number of aryl methyl sites for hydroxylation is 1. The predicted octanol–water partition coefficient (Wildman–Crippen LogP) is 3.09. The van der Waals surface area contributed by atoms with Crippen molar-refractivity contribution in [3.8, 4) is 0 Å². The molecule has 0 bridgehead atoms. The van der Waals surface area contributed by atoms with Gasteiger partial charge in [-0.15, -0.1) is 0 Å². The zero-order valence-corrected chi connectivity index (χ0v) is 14.0. The number of hydrogen-bond acceptors (Lipinski definition) is 5. The second kappa shape index (κ2) is 6.55. The summed E-state index contributed by atoms with van der Waals surface area (Å²) in [6, 6.07) is 8.79. The molecule has 0 amide bonds. The van der Waals surface area contributed by atoms with E-state index in [1.54, 1.807) is 0 Å². The van der Waals surface area contributed by atoms with E-state index in [2.05, 4.69) is 21.8 Å². The van der Waals surface area contributed by atoms with E-state index in [1.807, 2.05) is 25.1 Å². The normalized spacial score (nSPS) is 20.2. The second-order valence-electron chi connectivity index (χ2n) is 6.17. The van der Waals surface area contributed by atoms with Gasteiger partial charge in [0.2, 0.25) is 5.82 Å². The molecule has 2 heterocycles. The van der Waals surface area contributed by atoms with Gasteiger partial charge in [0, 0.05) is 30.3 Å². The molecule has 1 aliphatic rings. The van der Waals surface area contributed by atoms with Crippen LogP contribution in [0.2, 0.25) is 0 Å². The summed E-state index contributed by atoms with van der Waals surface area (Å²) < 4.78 is 17.8. The summed E-state index contributed by atoms with van der Waals surface area (Å²) in [6.07, 6.45) is 0.947. The summed E-state index contributed by atoms with van der Waals surface area (Å²) in [6.45, 7) is 4.72. The third-order valence-corrected chi connectivity index (χ3v) is 4.42. The molecule has 5 nitrogen and oxygen atoms in total. The first-order valence-corrected chi connectivity index (χ1v) is 7.94. The van der Waals surface area contributed by atoms with E-state index in [4.69, 9.17) is 4.74 Å². The molecule has 1 aromatic heterocycles. The molecule has 126 valence electrons. The average Bonchev–Trinajstić information content (AvgIpc) is 2.96. The lowest BCUT2D eigenvalue weighted by Crippen LogP contribution is -2.28. The summed E-state index contributed by atoms with van der Waals surface area (Å²) in [5.41, 5.74) is 1.84. The fourth-order valence-corrected chi connectivity index (χ4v) is 3.21. The molecule has 0 N–H and O–H groups in total. The zero-order valence-electron chi connectivity index (χ0n) is 14.0. The number of benzene rings is 1. The SMILES string of the molecule is COC(=O)c1nc(C)cc(N2CC(c3ccc(F)cc3)CC2C)n1. The van der Waals surface area contributed by atoms with Crippen molar-refractivity contribution in [2.45, 2.75) is 32.2 Å². The number of rotatable bonds is 3. The highest BCUT2D eigenvalue weighted by Crippen LogP contribution is 2.34. The van der Waals surface area contributed by atoms with Crippen LogP contribution in [0, 0.1) is 12.7 Å². The van der Waals surface area contributed by atoms with Crippen molar-refractivity contribution in [1.29, 1.82) is 0 Å². The number of esters is 1. The number of hydrogen-bond donors (Lipinski definition) is 0. The maximum atomic E-state index is 13.1. The van der Waals surface area contributed by atoms with Crippen molar-refractivity contribution in [3.05, 3.63) is 53.2 Å². The highest BCUT2D eigenvalue weighted by atomic mass is 19.1. The van der Waals surface area contributed by atoms with Crippen LogP contribution < -0.4 is 4.90 Å². The Bertz CT molecular complexity index is 748. The molecular weight excluding hydrogens is 309 g/mol. The number of carbonyl (C=O) groups excluding carboxylic acids is 1. The van der Waals surface area contributed by atoms with Gasteiger partial charge < -0.3 is 9.64 Å². The molecule has 0 saturated carbocycles.